The van der Waals surface area contributed by atoms with Crippen molar-refractivity contribution in [2.75, 3.05) is 32.8 Å². The molecule has 1 saturated heterocycles. The molecule has 11 heteroatoms. The Hall–Kier alpha value is -2.56. The van der Waals surface area contributed by atoms with Crippen LogP contribution in [0.4, 0.5) is 4.39 Å². The summed E-state index contributed by atoms with van der Waals surface area (Å²) in [6, 6.07) is 6.17. The number of aryl methyl sites for hydroxylation is 1. The summed E-state index contributed by atoms with van der Waals surface area (Å²) in [5, 5.41) is -0.275. The van der Waals surface area contributed by atoms with Crippen molar-refractivity contribution in [3.8, 4) is 0 Å². The van der Waals surface area contributed by atoms with Gasteiger partial charge in [0, 0.05) is 26.2 Å². The first-order valence-corrected chi connectivity index (χ1v) is 11.4. The maximum atomic E-state index is 13.4. The SMILES string of the molecule is CCOC(=O)c1ccc(C(=O)N2CCN(S(=O)(=O)c3ccc(F)c(Cl)c3)CC2)nc1C. The smallest absolute Gasteiger partial charge is 0.339 e. The lowest BCUT2D eigenvalue weighted by Gasteiger charge is -2.33. The van der Waals surface area contributed by atoms with Gasteiger partial charge in [0.2, 0.25) is 10.0 Å². The first-order valence-electron chi connectivity index (χ1n) is 9.54. The third-order valence-electron chi connectivity index (χ3n) is 4.85. The summed E-state index contributed by atoms with van der Waals surface area (Å²) in [4.78, 5) is 30.3. The normalized spacial score (nSPS) is 15.0. The van der Waals surface area contributed by atoms with Crippen molar-refractivity contribution in [3.05, 3.63) is 58.1 Å². The Labute approximate surface area is 184 Å². The van der Waals surface area contributed by atoms with E-state index in [9.17, 15) is 22.4 Å². The van der Waals surface area contributed by atoms with E-state index >= 15 is 0 Å². The summed E-state index contributed by atoms with van der Waals surface area (Å²) < 4.78 is 45.1. The molecule has 0 bridgehead atoms. The highest BCUT2D eigenvalue weighted by atomic mass is 35.5. The molecule has 0 radical (unpaired) electrons. The van der Waals surface area contributed by atoms with Gasteiger partial charge < -0.3 is 9.64 Å². The monoisotopic (exact) mass is 469 g/mol. The van der Waals surface area contributed by atoms with Crippen LogP contribution in [0.1, 0.15) is 33.5 Å². The van der Waals surface area contributed by atoms with Crippen LogP contribution in [-0.2, 0) is 14.8 Å². The van der Waals surface area contributed by atoms with Gasteiger partial charge in [-0.1, -0.05) is 11.6 Å². The van der Waals surface area contributed by atoms with Crippen LogP contribution in [0, 0.1) is 12.7 Å². The van der Waals surface area contributed by atoms with Crippen molar-refractivity contribution < 1.29 is 27.1 Å². The molecule has 0 N–H and O–H groups in total. The highest BCUT2D eigenvalue weighted by Crippen LogP contribution is 2.23. The molecule has 8 nitrogen and oxygen atoms in total. The van der Waals surface area contributed by atoms with Gasteiger partial charge in [0.05, 0.1) is 27.8 Å². The number of sulfonamides is 1. The minimum Gasteiger partial charge on any atom is -0.462 e. The number of hydrogen-bond donors (Lipinski definition) is 0. The number of esters is 1. The van der Waals surface area contributed by atoms with E-state index in [1.165, 1.54) is 21.3 Å². The van der Waals surface area contributed by atoms with Crippen molar-refractivity contribution in [3.63, 3.8) is 0 Å². The van der Waals surface area contributed by atoms with E-state index in [2.05, 4.69) is 4.98 Å². The number of nitrogens with zero attached hydrogens (tertiary/aromatic N) is 3. The lowest BCUT2D eigenvalue weighted by atomic mass is 10.1. The lowest BCUT2D eigenvalue weighted by molar-refractivity contribution is 0.0523. The van der Waals surface area contributed by atoms with Crippen molar-refractivity contribution in [2.45, 2.75) is 18.7 Å². The minimum absolute atomic E-state index is 0.0724. The van der Waals surface area contributed by atoms with Gasteiger partial charge >= 0.3 is 5.97 Å². The summed E-state index contributed by atoms with van der Waals surface area (Å²) in [5.41, 5.74) is 0.818. The van der Waals surface area contributed by atoms with Crippen LogP contribution < -0.4 is 0 Å². The molecule has 1 aromatic carbocycles. The largest absolute Gasteiger partial charge is 0.462 e. The fraction of sp³-hybridized carbons (Fsp3) is 0.350. The topological polar surface area (TPSA) is 96.9 Å². The van der Waals surface area contributed by atoms with E-state index in [0.717, 1.165) is 18.2 Å². The predicted molar refractivity (Wildman–Crippen MR) is 111 cm³/mol. The van der Waals surface area contributed by atoms with Gasteiger partial charge in [-0.15, -0.1) is 0 Å². The quantitative estimate of drug-likeness (QED) is 0.624. The van der Waals surface area contributed by atoms with Gasteiger partial charge in [-0.2, -0.15) is 4.31 Å². The molecule has 166 valence electrons. The van der Waals surface area contributed by atoms with E-state index in [-0.39, 0.29) is 59.9 Å². The number of rotatable bonds is 5. The fourth-order valence-corrected chi connectivity index (χ4v) is 4.88. The number of hydrogen-bond acceptors (Lipinski definition) is 6. The van der Waals surface area contributed by atoms with Gasteiger partial charge in [-0.25, -0.2) is 22.6 Å². The number of amides is 1. The number of pyridine rings is 1. The zero-order chi connectivity index (χ0) is 22.8. The van der Waals surface area contributed by atoms with Crippen LogP contribution in [0.5, 0.6) is 0 Å². The molecule has 2 aromatic rings. The van der Waals surface area contributed by atoms with Gasteiger partial charge in [-0.3, -0.25) is 4.79 Å². The van der Waals surface area contributed by atoms with Crippen LogP contribution >= 0.6 is 11.6 Å². The molecule has 0 unspecified atom stereocenters. The summed E-state index contributed by atoms with van der Waals surface area (Å²) in [6.07, 6.45) is 0. The third-order valence-corrected chi connectivity index (χ3v) is 7.04. The fourth-order valence-electron chi connectivity index (χ4n) is 3.18. The van der Waals surface area contributed by atoms with Crippen LogP contribution in [0.2, 0.25) is 5.02 Å². The standard InChI is InChI=1S/C20H21ClFN3O5S/c1-3-30-20(27)15-5-7-18(23-13(15)2)19(26)24-8-10-25(11-9-24)31(28,29)14-4-6-17(22)16(21)12-14/h4-7,12H,3,8-11H2,1-2H3. The van der Waals surface area contributed by atoms with E-state index in [1.807, 2.05) is 0 Å². The first-order chi connectivity index (χ1) is 14.6. The molecule has 1 aliphatic rings. The zero-order valence-electron chi connectivity index (χ0n) is 17.0. The van der Waals surface area contributed by atoms with Crippen LogP contribution in [0.25, 0.3) is 0 Å². The molecule has 1 aromatic heterocycles. The van der Waals surface area contributed by atoms with Gasteiger partial charge in [0.15, 0.2) is 0 Å². The molecule has 2 heterocycles. The zero-order valence-corrected chi connectivity index (χ0v) is 18.5. The average Bonchev–Trinajstić information content (AvgIpc) is 2.75. The first kappa shape index (κ1) is 23.1. The maximum absolute atomic E-state index is 13.4. The third kappa shape index (κ3) is 4.86. The minimum atomic E-state index is -3.87. The van der Waals surface area contributed by atoms with E-state index in [0.29, 0.717) is 5.69 Å². The maximum Gasteiger partial charge on any atom is 0.339 e. The molecular weight excluding hydrogens is 449 g/mol. The number of benzene rings is 1. The second kappa shape index (κ2) is 9.29. The van der Waals surface area contributed by atoms with E-state index in [4.69, 9.17) is 16.3 Å². The summed E-state index contributed by atoms with van der Waals surface area (Å²) in [7, 11) is -3.87. The Morgan fingerprint density at radius 1 is 1.16 bits per heavy atom. The number of halogens is 2. The Balaban J connectivity index is 1.69. The number of carbonyl (C=O) groups excluding carboxylic acids is 2. The Morgan fingerprint density at radius 2 is 1.84 bits per heavy atom. The molecule has 0 saturated carbocycles. The molecule has 1 amide bonds. The highest BCUT2D eigenvalue weighted by molar-refractivity contribution is 7.89. The van der Waals surface area contributed by atoms with Crippen molar-refractivity contribution >= 4 is 33.5 Å². The molecule has 0 spiro atoms. The van der Waals surface area contributed by atoms with Crippen LogP contribution in [0.15, 0.2) is 35.2 Å². The number of aromatic nitrogens is 1. The number of piperazine rings is 1. The highest BCUT2D eigenvalue weighted by Gasteiger charge is 2.31. The molecule has 3 rings (SSSR count). The summed E-state index contributed by atoms with van der Waals surface area (Å²) in [5.74, 6) is -1.57. The molecular formula is C20H21ClFN3O5S. The van der Waals surface area contributed by atoms with Crippen LogP contribution in [0.3, 0.4) is 0 Å². The van der Waals surface area contributed by atoms with Gasteiger partial charge in [-0.05, 0) is 44.2 Å². The number of ether oxygens (including phenoxy) is 1. The molecule has 0 atom stereocenters. The molecule has 31 heavy (non-hydrogen) atoms. The van der Waals surface area contributed by atoms with Gasteiger partial charge in [0.25, 0.3) is 5.91 Å². The second-order valence-corrected chi connectivity index (χ2v) is 9.17. The van der Waals surface area contributed by atoms with Crippen molar-refractivity contribution in [2.24, 2.45) is 0 Å². The molecule has 1 fully saturated rings. The lowest BCUT2D eigenvalue weighted by Crippen LogP contribution is -2.50. The van der Waals surface area contributed by atoms with Gasteiger partial charge in [0.1, 0.15) is 11.5 Å². The molecule has 1 aliphatic heterocycles. The van der Waals surface area contributed by atoms with Crippen molar-refractivity contribution in [1.29, 1.82) is 0 Å². The summed E-state index contributed by atoms with van der Waals surface area (Å²) in [6.45, 7) is 4.01. The van der Waals surface area contributed by atoms with Crippen LogP contribution in [-0.4, -0.2) is 67.3 Å². The van der Waals surface area contributed by atoms with E-state index < -0.39 is 21.8 Å². The van der Waals surface area contributed by atoms with Crippen molar-refractivity contribution in [1.82, 2.24) is 14.2 Å². The second-order valence-electron chi connectivity index (χ2n) is 6.82. The summed E-state index contributed by atoms with van der Waals surface area (Å²) >= 11 is 5.71. The number of carbonyl (C=O) groups is 2. The Kier molecular flexibility index (Phi) is 6.93. The Bertz CT molecular complexity index is 1120. The average molecular weight is 470 g/mol. The van der Waals surface area contributed by atoms with E-state index in [1.54, 1.807) is 13.8 Å². The Morgan fingerprint density at radius 3 is 2.42 bits per heavy atom. The molecule has 0 aliphatic carbocycles. The predicted octanol–water partition coefficient (Wildman–Crippen LogP) is 2.51.